The maximum atomic E-state index is 12.6. The fourth-order valence-electron chi connectivity index (χ4n) is 3.68. The predicted octanol–water partition coefficient (Wildman–Crippen LogP) is 6.35. The Morgan fingerprint density at radius 2 is 1.63 bits per heavy atom. The molecule has 30 heavy (non-hydrogen) atoms. The van der Waals surface area contributed by atoms with Gasteiger partial charge in [0.15, 0.2) is 5.13 Å². The Bertz CT molecular complexity index is 994. The van der Waals surface area contributed by atoms with Crippen molar-refractivity contribution in [3.05, 3.63) is 65.0 Å². The van der Waals surface area contributed by atoms with E-state index in [1.807, 2.05) is 48.5 Å². The first-order valence-electron chi connectivity index (χ1n) is 10.6. The summed E-state index contributed by atoms with van der Waals surface area (Å²) in [7, 11) is 0. The Balaban J connectivity index is 1.41. The van der Waals surface area contributed by atoms with Gasteiger partial charge in [-0.1, -0.05) is 45.0 Å². The molecule has 1 saturated heterocycles. The van der Waals surface area contributed by atoms with Crippen molar-refractivity contribution in [2.24, 2.45) is 0 Å². The monoisotopic (exact) mass is 419 g/mol. The Hall–Kier alpha value is -2.66. The third kappa shape index (κ3) is 4.73. The van der Waals surface area contributed by atoms with Crippen LogP contribution in [-0.4, -0.2) is 24.0 Å². The first kappa shape index (κ1) is 20.6. The second-order valence-electron chi connectivity index (χ2n) is 8.92. The second kappa shape index (κ2) is 8.60. The number of carbonyl (C=O) groups excluding carboxylic acids is 1. The summed E-state index contributed by atoms with van der Waals surface area (Å²) in [5, 5.41) is 6.22. The number of benzene rings is 2. The zero-order valence-corrected chi connectivity index (χ0v) is 18.8. The van der Waals surface area contributed by atoms with Gasteiger partial charge in [0.2, 0.25) is 0 Å². The molecular weight excluding hydrogens is 390 g/mol. The van der Waals surface area contributed by atoms with Crippen LogP contribution >= 0.6 is 11.3 Å². The Kier molecular flexibility index (Phi) is 5.91. The van der Waals surface area contributed by atoms with Crippen LogP contribution in [0, 0.1) is 0 Å². The molecule has 1 aliphatic rings. The van der Waals surface area contributed by atoms with Crippen LogP contribution in [0.4, 0.5) is 10.8 Å². The lowest BCUT2D eigenvalue weighted by molar-refractivity contribution is 0.102. The lowest BCUT2D eigenvalue weighted by Gasteiger charge is -2.25. The number of hydrogen-bond acceptors (Lipinski definition) is 4. The molecule has 1 aromatic heterocycles. The summed E-state index contributed by atoms with van der Waals surface area (Å²) in [4.78, 5) is 19.8. The Morgan fingerprint density at radius 1 is 0.967 bits per heavy atom. The molecule has 0 aliphatic carbocycles. The lowest BCUT2D eigenvalue weighted by Crippen LogP contribution is -2.29. The highest BCUT2D eigenvalue weighted by atomic mass is 32.1. The van der Waals surface area contributed by atoms with Gasteiger partial charge in [-0.15, -0.1) is 11.3 Å². The van der Waals surface area contributed by atoms with Gasteiger partial charge in [-0.3, -0.25) is 4.79 Å². The van der Waals surface area contributed by atoms with Crippen LogP contribution < -0.4 is 10.2 Å². The molecule has 156 valence electrons. The molecule has 0 atom stereocenters. The highest BCUT2D eigenvalue weighted by Crippen LogP contribution is 2.30. The SMILES string of the molecule is CC(C)(C)c1ccc(C(=O)Nc2ccc(-c3csc(N4CCCCC4)n3)cc2)cc1. The number of thiazole rings is 1. The maximum Gasteiger partial charge on any atom is 0.255 e. The van der Waals surface area contributed by atoms with Crippen molar-refractivity contribution < 1.29 is 4.79 Å². The Morgan fingerprint density at radius 3 is 2.27 bits per heavy atom. The van der Waals surface area contributed by atoms with Crippen LogP contribution in [0.1, 0.15) is 56.0 Å². The van der Waals surface area contributed by atoms with Gasteiger partial charge in [0, 0.05) is 35.3 Å². The molecule has 1 fully saturated rings. The molecule has 5 heteroatoms. The lowest BCUT2D eigenvalue weighted by atomic mass is 9.87. The number of rotatable bonds is 4. The molecule has 4 nitrogen and oxygen atoms in total. The van der Waals surface area contributed by atoms with Gasteiger partial charge in [-0.25, -0.2) is 4.98 Å². The fraction of sp³-hybridized carbons (Fsp3) is 0.360. The first-order chi connectivity index (χ1) is 14.4. The average molecular weight is 420 g/mol. The average Bonchev–Trinajstić information content (AvgIpc) is 3.25. The predicted molar refractivity (Wildman–Crippen MR) is 127 cm³/mol. The first-order valence-corrected chi connectivity index (χ1v) is 11.5. The molecule has 1 N–H and O–H groups in total. The number of aromatic nitrogens is 1. The molecule has 0 radical (unpaired) electrons. The van der Waals surface area contributed by atoms with Gasteiger partial charge in [0.05, 0.1) is 5.69 Å². The molecule has 0 bridgehead atoms. The molecule has 2 aromatic carbocycles. The number of amides is 1. The molecule has 0 spiro atoms. The minimum atomic E-state index is -0.0933. The van der Waals surface area contributed by atoms with Crippen LogP contribution in [0.5, 0.6) is 0 Å². The zero-order chi connectivity index (χ0) is 21.1. The van der Waals surface area contributed by atoms with Crippen LogP contribution in [0.25, 0.3) is 11.3 Å². The van der Waals surface area contributed by atoms with E-state index in [1.54, 1.807) is 11.3 Å². The summed E-state index contributed by atoms with van der Waals surface area (Å²) >= 11 is 1.71. The van der Waals surface area contributed by atoms with Gasteiger partial charge < -0.3 is 10.2 Å². The summed E-state index contributed by atoms with van der Waals surface area (Å²) in [6, 6.07) is 15.8. The topological polar surface area (TPSA) is 45.2 Å². The third-order valence-corrected chi connectivity index (χ3v) is 6.47. The summed E-state index contributed by atoms with van der Waals surface area (Å²) in [5.41, 5.74) is 4.82. The van der Waals surface area contributed by atoms with E-state index >= 15 is 0 Å². The fourth-order valence-corrected chi connectivity index (χ4v) is 4.57. The van der Waals surface area contributed by atoms with E-state index in [0.29, 0.717) is 5.56 Å². The van der Waals surface area contributed by atoms with E-state index < -0.39 is 0 Å². The number of nitrogens with one attached hydrogen (secondary N) is 1. The molecule has 1 amide bonds. The largest absolute Gasteiger partial charge is 0.348 e. The molecular formula is C25H29N3OS. The highest BCUT2D eigenvalue weighted by Gasteiger charge is 2.16. The van der Waals surface area contributed by atoms with Crippen LogP contribution in [0.2, 0.25) is 0 Å². The molecule has 0 saturated carbocycles. The number of piperidine rings is 1. The van der Waals surface area contributed by atoms with E-state index in [4.69, 9.17) is 4.98 Å². The van der Waals surface area contributed by atoms with Crippen LogP contribution in [0.3, 0.4) is 0 Å². The van der Waals surface area contributed by atoms with E-state index in [1.165, 1.54) is 24.8 Å². The van der Waals surface area contributed by atoms with Crippen molar-refractivity contribution in [1.29, 1.82) is 0 Å². The quantitative estimate of drug-likeness (QED) is 0.536. The minimum Gasteiger partial charge on any atom is -0.348 e. The van der Waals surface area contributed by atoms with E-state index in [9.17, 15) is 4.79 Å². The van der Waals surface area contributed by atoms with Crippen molar-refractivity contribution in [3.8, 4) is 11.3 Å². The molecule has 2 heterocycles. The van der Waals surface area contributed by atoms with Gasteiger partial charge >= 0.3 is 0 Å². The normalized spacial score (nSPS) is 14.6. The zero-order valence-electron chi connectivity index (χ0n) is 17.9. The summed E-state index contributed by atoms with van der Waals surface area (Å²) in [6.07, 6.45) is 3.83. The number of hydrogen-bond donors (Lipinski definition) is 1. The van der Waals surface area contributed by atoms with E-state index in [-0.39, 0.29) is 11.3 Å². The van der Waals surface area contributed by atoms with Gasteiger partial charge in [-0.2, -0.15) is 0 Å². The summed E-state index contributed by atoms with van der Waals surface area (Å²) in [5.74, 6) is -0.0933. The van der Waals surface area contributed by atoms with Crippen LogP contribution in [0.15, 0.2) is 53.9 Å². The summed E-state index contributed by atoms with van der Waals surface area (Å²) < 4.78 is 0. The number of carbonyl (C=O) groups is 1. The second-order valence-corrected chi connectivity index (χ2v) is 9.76. The molecule has 0 unspecified atom stereocenters. The minimum absolute atomic E-state index is 0.0778. The highest BCUT2D eigenvalue weighted by molar-refractivity contribution is 7.14. The number of anilines is 2. The van der Waals surface area contributed by atoms with Gasteiger partial charge in [0.25, 0.3) is 5.91 Å². The van der Waals surface area contributed by atoms with Crippen molar-refractivity contribution in [2.75, 3.05) is 23.3 Å². The molecule has 4 rings (SSSR count). The van der Waals surface area contributed by atoms with Gasteiger partial charge in [0.1, 0.15) is 0 Å². The van der Waals surface area contributed by atoms with Crippen molar-refractivity contribution in [2.45, 2.75) is 45.4 Å². The van der Waals surface area contributed by atoms with Crippen molar-refractivity contribution >= 4 is 28.1 Å². The maximum absolute atomic E-state index is 12.6. The van der Waals surface area contributed by atoms with Crippen molar-refractivity contribution in [1.82, 2.24) is 4.98 Å². The van der Waals surface area contributed by atoms with Gasteiger partial charge in [-0.05, 0) is 54.5 Å². The third-order valence-electron chi connectivity index (χ3n) is 5.57. The smallest absolute Gasteiger partial charge is 0.255 e. The summed E-state index contributed by atoms with van der Waals surface area (Å²) in [6.45, 7) is 8.72. The van der Waals surface area contributed by atoms with E-state index in [0.717, 1.165) is 35.2 Å². The number of nitrogens with zero attached hydrogens (tertiary/aromatic N) is 2. The van der Waals surface area contributed by atoms with E-state index in [2.05, 4.69) is 36.4 Å². The standard InChI is InChI=1S/C25H29N3OS/c1-25(2,3)20-11-7-19(8-12-20)23(29)26-21-13-9-18(10-14-21)22-17-30-24(27-22)28-15-5-4-6-16-28/h7-14,17H,4-6,15-16H2,1-3H3,(H,26,29). The molecule has 3 aromatic rings. The Labute approximate surface area is 183 Å². The van der Waals surface area contributed by atoms with Crippen molar-refractivity contribution in [3.63, 3.8) is 0 Å². The molecule has 1 aliphatic heterocycles. The van der Waals surface area contributed by atoms with Crippen LogP contribution in [-0.2, 0) is 5.41 Å².